The Morgan fingerprint density at radius 1 is 1.03 bits per heavy atom. The minimum Gasteiger partial charge on any atom is -0.478 e. The van der Waals surface area contributed by atoms with E-state index in [1.807, 2.05) is 18.2 Å². The third-order valence-corrected chi connectivity index (χ3v) is 7.19. The average Bonchev–Trinajstić information content (AvgIpc) is 3.56. The van der Waals surface area contributed by atoms with E-state index in [4.69, 9.17) is 0 Å². The molecule has 2 aromatic carbocycles. The summed E-state index contributed by atoms with van der Waals surface area (Å²) in [5, 5.41) is 13.3. The first-order valence-corrected chi connectivity index (χ1v) is 12.0. The normalized spacial score (nSPS) is 25.9. The van der Waals surface area contributed by atoms with Crippen molar-refractivity contribution >= 4 is 12.0 Å². The van der Waals surface area contributed by atoms with Crippen LogP contribution in [0.25, 0.3) is 6.08 Å². The first-order chi connectivity index (χ1) is 15.1. The van der Waals surface area contributed by atoms with Crippen LogP contribution < -0.4 is 5.32 Å². The molecule has 2 atom stereocenters. The molecule has 0 saturated heterocycles. The Hall–Kier alpha value is -2.39. The zero-order valence-electron chi connectivity index (χ0n) is 18.6. The van der Waals surface area contributed by atoms with Crippen molar-refractivity contribution in [3.63, 3.8) is 0 Å². The first-order valence-electron chi connectivity index (χ1n) is 12.0. The number of carboxylic acids is 1. The van der Waals surface area contributed by atoms with Crippen LogP contribution in [-0.4, -0.2) is 23.2 Å². The van der Waals surface area contributed by atoms with Crippen LogP contribution in [0.2, 0.25) is 0 Å². The van der Waals surface area contributed by atoms with E-state index >= 15 is 0 Å². The molecular formula is C28H35NO2. The molecular weight excluding hydrogens is 382 g/mol. The van der Waals surface area contributed by atoms with E-state index in [0.29, 0.717) is 23.6 Å². The fraction of sp³-hybridized carbons (Fsp3) is 0.464. The van der Waals surface area contributed by atoms with Gasteiger partial charge in [0.1, 0.15) is 0 Å². The molecule has 0 radical (unpaired) electrons. The standard InChI is InChI=1S/C28H35NO2/c1-2-22(18-21-8-4-3-5-9-21)26-19-27(26)29-24-16-13-20(14-17-24)12-15-23-10-6-7-11-25(23)28(30)31/h3-11,18,20,24,26-27,29H,2,12-17,19H2,1H3,(H,30,31)/b22-18+/t20?,24?,26-,27+/m0/s1. The second-order valence-electron chi connectivity index (χ2n) is 9.32. The molecule has 0 aliphatic heterocycles. The van der Waals surface area contributed by atoms with E-state index in [0.717, 1.165) is 30.7 Å². The van der Waals surface area contributed by atoms with Crippen LogP contribution in [-0.2, 0) is 6.42 Å². The van der Waals surface area contributed by atoms with Crippen molar-refractivity contribution in [2.75, 3.05) is 0 Å². The molecule has 2 fully saturated rings. The lowest BCUT2D eigenvalue weighted by molar-refractivity contribution is 0.0695. The Morgan fingerprint density at radius 2 is 1.74 bits per heavy atom. The van der Waals surface area contributed by atoms with Crippen LogP contribution in [0.1, 0.15) is 73.4 Å². The van der Waals surface area contributed by atoms with Gasteiger partial charge in [-0.15, -0.1) is 0 Å². The monoisotopic (exact) mass is 417 g/mol. The number of hydrogen-bond donors (Lipinski definition) is 2. The molecule has 3 heteroatoms. The highest BCUT2D eigenvalue weighted by Gasteiger charge is 2.40. The van der Waals surface area contributed by atoms with E-state index in [1.165, 1.54) is 37.7 Å². The molecule has 2 aromatic rings. The van der Waals surface area contributed by atoms with Gasteiger partial charge in [-0.2, -0.15) is 0 Å². The van der Waals surface area contributed by atoms with Crippen LogP contribution in [0, 0.1) is 11.8 Å². The van der Waals surface area contributed by atoms with Crippen LogP contribution in [0.5, 0.6) is 0 Å². The largest absolute Gasteiger partial charge is 0.478 e. The average molecular weight is 418 g/mol. The Bertz CT molecular complexity index is 896. The molecule has 0 unspecified atom stereocenters. The van der Waals surface area contributed by atoms with Crippen molar-refractivity contribution in [2.24, 2.45) is 11.8 Å². The molecule has 2 saturated carbocycles. The Morgan fingerprint density at radius 3 is 2.45 bits per heavy atom. The zero-order valence-corrected chi connectivity index (χ0v) is 18.6. The summed E-state index contributed by atoms with van der Waals surface area (Å²) in [6, 6.07) is 19.4. The molecule has 31 heavy (non-hydrogen) atoms. The van der Waals surface area contributed by atoms with Gasteiger partial charge in [-0.1, -0.05) is 67.1 Å². The molecule has 3 nitrogen and oxygen atoms in total. The van der Waals surface area contributed by atoms with Gasteiger partial charge in [0, 0.05) is 12.1 Å². The lowest BCUT2D eigenvalue weighted by atomic mass is 9.82. The van der Waals surface area contributed by atoms with Gasteiger partial charge >= 0.3 is 5.97 Å². The SMILES string of the molecule is CC/C(=C\c1ccccc1)[C@@H]1C[C@H]1NC1CCC(CCc2ccccc2C(=O)O)CC1. The van der Waals surface area contributed by atoms with Crippen molar-refractivity contribution in [1.29, 1.82) is 0 Å². The topological polar surface area (TPSA) is 49.3 Å². The van der Waals surface area contributed by atoms with Crippen LogP contribution in [0.4, 0.5) is 0 Å². The summed E-state index contributed by atoms with van der Waals surface area (Å²) in [6.45, 7) is 2.28. The number of hydrogen-bond acceptors (Lipinski definition) is 2. The Labute approximate surface area is 186 Å². The lowest BCUT2D eigenvalue weighted by Gasteiger charge is -2.29. The van der Waals surface area contributed by atoms with E-state index in [-0.39, 0.29) is 0 Å². The third-order valence-electron chi connectivity index (χ3n) is 7.19. The van der Waals surface area contributed by atoms with E-state index in [9.17, 15) is 9.90 Å². The molecule has 4 rings (SSSR count). The number of aryl methyl sites for hydroxylation is 1. The number of benzene rings is 2. The maximum Gasteiger partial charge on any atom is 0.335 e. The van der Waals surface area contributed by atoms with Crippen molar-refractivity contribution in [3.05, 3.63) is 76.9 Å². The molecule has 2 N–H and O–H groups in total. The number of aromatic carboxylic acids is 1. The highest BCUT2D eigenvalue weighted by molar-refractivity contribution is 5.89. The first kappa shape index (κ1) is 21.8. The van der Waals surface area contributed by atoms with E-state index in [1.54, 1.807) is 11.6 Å². The van der Waals surface area contributed by atoms with Crippen molar-refractivity contribution in [2.45, 2.75) is 70.4 Å². The molecule has 164 valence electrons. The van der Waals surface area contributed by atoms with Crippen LogP contribution in [0.15, 0.2) is 60.2 Å². The Balaban J connectivity index is 1.22. The molecule has 2 aliphatic rings. The number of carbonyl (C=O) groups is 1. The number of nitrogens with one attached hydrogen (secondary N) is 1. The van der Waals surface area contributed by atoms with Gasteiger partial charge in [-0.25, -0.2) is 4.79 Å². The summed E-state index contributed by atoms with van der Waals surface area (Å²) >= 11 is 0. The molecule has 0 aromatic heterocycles. The summed E-state index contributed by atoms with van der Waals surface area (Å²) < 4.78 is 0. The summed E-state index contributed by atoms with van der Waals surface area (Å²) in [6.07, 6.45) is 11.8. The molecule has 0 bridgehead atoms. The third kappa shape index (κ3) is 5.86. The molecule has 0 amide bonds. The van der Waals surface area contributed by atoms with E-state index < -0.39 is 5.97 Å². The zero-order chi connectivity index (χ0) is 21.6. The lowest BCUT2D eigenvalue weighted by Crippen LogP contribution is -2.35. The van der Waals surface area contributed by atoms with Crippen molar-refractivity contribution < 1.29 is 9.90 Å². The number of carboxylic acid groups (broad SMARTS) is 1. The quantitative estimate of drug-likeness (QED) is 0.500. The van der Waals surface area contributed by atoms with Crippen molar-refractivity contribution in [1.82, 2.24) is 5.32 Å². The summed E-state index contributed by atoms with van der Waals surface area (Å²) in [4.78, 5) is 11.4. The Kier molecular flexibility index (Phi) is 7.24. The van der Waals surface area contributed by atoms with Gasteiger partial charge < -0.3 is 10.4 Å². The molecule has 2 aliphatic carbocycles. The smallest absolute Gasteiger partial charge is 0.335 e. The van der Waals surface area contributed by atoms with Crippen molar-refractivity contribution in [3.8, 4) is 0 Å². The number of rotatable bonds is 9. The highest BCUT2D eigenvalue weighted by atomic mass is 16.4. The fourth-order valence-electron chi connectivity index (χ4n) is 5.25. The second-order valence-corrected chi connectivity index (χ2v) is 9.32. The highest BCUT2D eigenvalue weighted by Crippen LogP contribution is 2.41. The fourth-order valence-corrected chi connectivity index (χ4v) is 5.25. The predicted octanol–water partition coefficient (Wildman–Crippen LogP) is 6.35. The molecule has 0 spiro atoms. The maximum absolute atomic E-state index is 11.4. The summed E-state index contributed by atoms with van der Waals surface area (Å²) in [5.41, 5.74) is 4.34. The predicted molar refractivity (Wildman–Crippen MR) is 127 cm³/mol. The van der Waals surface area contributed by atoms with Crippen LogP contribution >= 0.6 is 0 Å². The minimum absolute atomic E-state index is 0.466. The molecule has 0 heterocycles. The maximum atomic E-state index is 11.4. The van der Waals surface area contributed by atoms with Gasteiger partial charge in [0.2, 0.25) is 0 Å². The summed E-state index contributed by atoms with van der Waals surface area (Å²) in [7, 11) is 0. The second kappa shape index (κ2) is 10.3. The van der Waals surface area contributed by atoms with Gasteiger partial charge in [0.15, 0.2) is 0 Å². The minimum atomic E-state index is -0.810. The van der Waals surface area contributed by atoms with Gasteiger partial charge in [-0.05, 0) is 80.4 Å². The van der Waals surface area contributed by atoms with E-state index in [2.05, 4.69) is 48.6 Å². The van der Waals surface area contributed by atoms with Gasteiger partial charge in [0.05, 0.1) is 5.56 Å². The van der Waals surface area contributed by atoms with Gasteiger partial charge in [-0.3, -0.25) is 0 Å². The van der Waals surface area contributed by atoms with Crippen LogP contribution in [0.3, 0.4) is 0 Å². The summed E-state index contributed by atoms with van der Waals surface area (Å²) in [5.74, 6) is 0.616. The van der Waals surface area contributed by atoms with Gasteiger partial charge in [0.25, 0.3) is 0 Å².